The molecule has 1 aromatic heterocycles. The highest BCUT2D eigenvalue weighted by molar-refractivity contribution is 9.10. The van der Waals surface area contributed by atoms with Crippen molar-refractivity contribution in [2.75, 3.05) is 6.54 Å². The number of benzene rings is 1. The summed E-state index contributed by atoms with van der Waals surface area (Å²) in [7, 11) is 0. The molecule has 1 unspecified atom stereocenters. The molecule has 20 heavy (non-hydrogen) atoms. The summed E-state index contributed by atoms with van der Waals surface area (Å²) in [6.07, 6.45) is 5.34. The van der Waals surface area contributed by atoms with E-state index in [-0.39, 0.29) is 10.0 Å². The van der Waals surface area contributed by atoms with Gasteiger partial charge in [0.2, 0.25) is 0 Å². The van der Waals surface area contributed by atoms with Gasteiger partial charge in [-0.15, -0.1) is 0 Å². The summed E-state index contributed by atoms with van der Waals surface area (Å²) in [5, 5.41) is 3.13. The standard InChI is InChI=1S/C14H14BrF2N3/c1-2-5-20-14(9-6-18-8-19-7-9)12-11(16)4-3-10(15)13(12)17/h3-4,6-8,14,20H,2,5H2,1H3. The van der Waals surface area contributed by atoms with Crippen LogP contribution in [0.2, 0.25) is 0 Å². The molecule has 0 radical (unpaired) electrons. The van der Waals surface area contributed by atoms with Gasteiger partial charge in [0.05, 0.1) is 10.5 Å². The molecular formula is C14H14BrF2N3. The van der Waals surface area contributed by atoms with Gasteiger partial charge in [-0.1, -0.05) is 6.92 Å². The van der Waals surface area contributed by atoms with E-state index >= 15 is 0 Å². The maximum atomic E-state index is 14.3. The predicted molar refractivity (Wildman–Crippen MR) is 76.2 cm³/mol. The molecule has 1 heterocycles. The third-order valence-corrected chi connectivity index (χ3v) is 3.49. The number of hydrogen-bond acceptors (Lipinski definition) is 3. The van der Waals surface area contributed by atoms with E-state index in [9.17, 15) is 8.78 Å². The molecule has 0 bridgehead atoms. The summed E-state index contributed by atoms with van der Waals surface area (Å²) < 4.78 is 28.5. The minimum atomic E-state index is -0.617. The highest BCUT2D eigenvalue weighted by atomic mass is 79.9. The number of nitrogens with one attached hydrogen (secondary N) is 1. The highest BCUT2D eigenvalue weighted by Gasteiger charge is 2.23. The monoisotopic (exact) mass is 341 g/mol. The van der Waals surface area contributed by atoms with E-state index in [2.05, 4.69) is 31.2 Å². The van der Waals surface area contributed by atoms with Gasteiger partial charge < -0.3 is 5.32 Å². The number of hydrogen-bond donors (Lipinski definition) is 1. The van der Waals surface area contributed by atoms with Crippen molar-refractivity contribution in [1.29, 1.82) is 0 Å². The molecule has 0 aliphatic heterocycles. The Morgan fingerprint density at radius 1 is 1.25 bits per heavy atom. The van der Waals surface area contributed by atoms with Crippen LogP contribution in [-0.4, -0.2) is 16.5 Å². The zero-order valence-electron chi connectivity index (χ0n) is 10.9. The van der Waals surface area contributed by atoms with Crippen LogP contribution in [0, 0.1) is 11.6 Å². The van der Waals surface area contributed by atoms with Gasteiger partial charge in [0.1, 0.15) is 18.0 Å². The summed E-state index contributed by atoms with van der Waals surface area (Å²) in [4.78, 5) is 7.83. The van der Waals surface area contributed by atoms with Crippen molar-refractivity contribution < 1.29 is 8.78 Å². The fourth-order valence-corrected chi connectivity index (χ4v) is 2.29. The van der Waals surface area contributed by atoms with E-state index in [1.807, 2.05) is 6.92 Å². The van der Waals surface area contributed by atoms with Crippen molar-refractivity contribution in [1.82, 2.24) is 15.3 Å². The van der Waals surface area contributed by atoms with Gasteiger partial charge in [-0.2, -0.15) is 0 Å². The molecule has 6 heteroatoms. The van der Waals surface area contributed by atoms with Gasteiger partial charge in [-0.25, -0.2) is 18.7 Å². The molecule has 0 aliphatic rings. The zero-order valence-corrected chi connectivity index (χ0v) is 12.5. The van der Waals surface area contributed by atoms with Crippen LogP contribution in [0.5, 0.6) is 0 Å². The smallest absolute Gasteiger partial charge is 0.145 e. The van der Waals surface area contributed by atoms with Crippen LogP contribution < -0.4 is 5.32 Å². The van der Waals surface area contributed by atoms with E-state index in [0.717, 1.165) is 6.42 Å². The van der Waals surface area contributed by atoms with Crippen molar-refractivity contribution in [2.45, 2.75) is 19.4 Å². The fraction of sp³-hybridized carbons (Fsp3) is 0.286. The lowest BCUT2D eigenvalue weighted by Crippen LogP contribution is -2.25. The van der Waals surface area contributed by atoms with Gasteiger partial charge in [0.15, 0.2) is 0 Å². The maximum Gasteiger partial charge on any atom is 0.145 e. The highest BCUT2D eigenvalue weighted by Crippen LogP contribution is 2.30. The first-order valence-electron chi connectivity index (χ1n) is 6.26. The van der Waals surface area contributed by atoms with E-state index in [1.54, 1.807) is 12.4 Å². The van der Waals surface area contributed by atoms with E-state index in [1.165, 1.54) is 18.5 Å². The molecule has 0 saturated carbocycles. The number of nitrogens with zero attached hydrogens (tertiary/aromatic N) is 2. The number of halogens is 3. The predicted octanol–water partition coefficient (Wildman–Crippen LogP) is 3.61. The number of rotatable bonds is 5. The Morgan fingerprint density at radius 2 is 1.95 bits per heavy atom. The summed E-state index contributed by atoms with van der Waals surface area (Å²) >= 11 is 3.09. The summed E-state index contributed by atoms with van der Waals surface area (Å²) in [6.45, 7) is 2.62. The average molecular weight is 342 g/mol. The first-order chi connectivity index (χ1) is 9.65. The van der Waals surface area contributed by atoms with Crippen molar-refractivity contribution in [3.63, 3.8) is 0 Å². The maximum absolute atomic E-state index is 14.3. The Kier molecular flexibility index (Phi) is 5.14. The average Bonchev–Trinajstić information content (AvgIpc) is 2.47. The first kappa shape index (κ1) is 15.0. The lowest BCUT2D eigenvalue weighted by molar-refractivity contribution is 0.499. The normalized spacial score (nSPS) is 12.4. The molecule has 3 nitrogen and oxygen atoms in total. The van der Waals surface area contributed by atoms with Crippen molar-refractivity contribution >= 4 is 15.9 Å². The van der Waals surface area contributed by atoms with E-state index < -0.39 is 17.7 Å². The third kappa shape index (κ3) is 3.19. The molecule has 2 rings (SSSR count). The van der Waals surface area contributed by atoms with Crippen molar-refractivity contribution in [3.05, 3.63) is 58.1 Å². The van der Waals surface area contributed by atoms with Crippen LogP contribution in [0.1, 0.15) is 30.5 Å². The molecule has 0 spiro atoms. The summed E-state index contributed by atoms with van der Waals surface area (Å²) in [6, 6.07) is 1.98. The molecule has 0 amide bonds. The molecule has 1 aromatic carbocycles. The summed E-state index contributed by atoms with van der Waals surface area (Å²) in [5.41, 5.74) is 0.597. The zero-order chi connectivity index (χ0) is 14.5. The fourth-order valence-electron chi connectivity index (χ4n) is 1.94. The second-order valence-electron chi connectivity index (χ2n) is 4.32. The lowest BCUT2D eigenvalue weighted by atomic mass is 10.00. The van der Waals surface area contributed by atoms with Crippen LogP contribution in [0.3, 0.4) is 0 Å². The topological polar surface area (TPSA) is 37.8 Å². The second-order valence-corrected chi connectivity index (χ2v) is 5.17. The van der Waals surface area contributed by atoms with Crippen molar-refractivity contribution in [2.24, 2.45) is 0 Å². The second kappa shape index (κ2) is 6.85. The summed E-state index contributed by atoms with van der Waals surface area (Å²) in [5.74, 6) is -1.20. The lowest BCUT2D eigenvalue weighted by Gasteiger charge is -2.20. The first-order valence-corrected chi connectivity index (χ1v) is 7.06. The minimum Gasteiger partial charge on any atom is -0.306 e. The van der Waals surface area contributed by atoms with E-state index in [0.29, 0.717) is 12.1 Å². The van der Waals surface area contributed by atoms with Gasteiger partial charge in [0, 0.05) is 23.5 Å². The van der Waals surface area contributed by atoms with Gasteiger partial charge in [-0.3, -0.25) is 0 Å². The van der Waals surface area contributed by atoms with Crippen molar-refractivity contribution in [3.8, 4) is 0 Å². The van der Waals surface area contributed by atoms with Crippen LogP contribution in [0.25, 0.3) is 0 Å². The molecule has 106 valence electrons. The quantitative estimate of drug-likeness (QED) is 0.844. The third-order valence-electron chi connectivity index (χ3n) is 2.88. The van der Waals surface area contributed by atoms with Crippen LogP contribution in [0.4, 0.5) is 8.78 Å². The molecule has 1 atom stereocenters. The van der Waals surface area contributed by atoms with Gasteiger partial charge in [-0.05, 0) is 41.0 Å². The minimum absolute atomic E-state index is 0.0253. The van der Waals surface area contributed by atoms with E-state index in [4.69, 9.17) is 0 Å². The molecular weight excluding hydrogens is 328 g/mol. The Morgan fingerprint density at radius 3 is 2.60 bits per heavy atom. The van der Waals surface area contributed by atoms with Gasteiger partial charge in [0.25, 0.3) is 0 Å². The molecule has 0 aliphatic carbocycles. The van der Waals surface area contributed by atoms with Crippen LogP contribution in [0.15, 0.2) is 35.3 Å². The Hall–Kier alpha value is -1.40. The molecule has 2 aromatic rings. The SMILES string of the molecule is CCCNC(c1cncnc1)c1c(F)ccc(Br)c1F. The Bertz CT molecular complexity index is 578. The largest absolute Gasteiger partial charge is 0.306 e. The molecule has 0 fully saturated rings. The molecule has 0 saturated heterocycles. The Balaban J connectivity index is 2.49. The van der Waals surface area contributed by atoms with Gasteiger partial charge >= 0.3 is 0 Å². The molecule has 1 N–H and O–H groups in total. The Labute approximate surface area is 124 Å². The van der Waals surface area contributed by atoms with Crippen LogP contribution >= 0.6 is 15.9 Å². The van der Waals surface area contributed by atoms with Crippen LogP contribution in [-0.2, 0) is 0 Å². The number of aromatic nitrogens is 2.